The van der Waals surface area contributed by atoms with E-state index in [0.29, 0.717) is 13.2 Å². The normalized spacial score (nSPS) is 33.3. The van der Waals surface area contributed by atoms with Gasteiger partial charge in [-0.25, -0.2) is 0 Å². The summed E-state index contributed by atoms with van der Waals surface area (Å²) in [5.41, 5.74) is 0. The maximum Gasteiger partial charge on any atom is 0.303 e. The van der Waals surface area contributed by atoms with Crippen molar-refractivity contribution >= 4 is 17.9 Å². The molecule has 0 aromatic carbocycles. The highest BCUT2D eigenvalue weighted by molar-refractivity contribution is 5.67. The molecule has 0 aromatic heterocycles. The molecule has 9 heteroatoms. The van der Waals surface area contributed by atoms with Gasteiger partial charge >= 0.3 is 17.9 Å². The molecule has 0 aromatic rings. The standard InChI is InChI=1S/C14H20O9/c1-7(15)20-6-10-11(21-8(2)16)12(22-9(3)17)13-14(23-10)19-5-4-18-13/h10-14H,4-6H2,1-3H3/t10-,11-,12-,13-,14-/m1/s1. The monoisotopic (exact) mass is 332 g/mol. The van der Waals surface area contributed by atoms with E-state index in [-0.39, 0.29) is 6.61 Å². The third-order valence-electron chi connectivity index (χ3n) is 3.32. The van der Waals surface area contributed by atoms with Gasteiger partial charge in [-0.1, -0.05) is 0 Å². The van der Waals surface area contributed by atoms with Gasteiger partial charge in [-0.2, -0.15) is 0 Å². The van der Waals surface area contributed by atoms with Gasteiger partial charge < -0.3 is 28.4 Å². The van der Waals surface area contributed by atoms with Gasteiger partial charge in [0.2, 0.25) is 0 Å². The Kier molecular flexibility index (Phi) is 5.91. The van der Waals surface area contributed by atoms with Crippen LogP contribution in [0.5, 0.6) is 0 Å². The summed E-state index contributed by atoms with van der Waals surface area (Å²) in [6, 6.07) is 0. The third kappa shape index (κ3) is 4.63. The molecular weight excluding hydrogens is 312 g/mol. The molecule has 2 rings (SSSR count). The van der Waals surface area contributed by atoms with Crippen LogP contribution in [-0.4, -0.2) is 68.4 Å². The molecule has 0 aliphatic carbocycles. The number of ether oxygens (including phenoxy) is 6. The van der Waals surface area contributed by atoms with Gasteiger partial charge in [-0.15, -0.1) is 0 Å². The lowest BCUT2D eigenvalue weighted by Gasteiger charge is -2.46. The first-order chi connectivity index (χ1) is 10.9. The highest BCUT2D eigenvalue weighted by atomic mass is 16.7. The van der Waals surface area contributed by atoms with Crippen LogP contribution in [-0.2, 0) is 42.8 Å². The van der Waals surface area contributed by atoms with Crippen molar-refractivity contribution in [1.82, 2.24) is 0 Å². The predicted octanol–water partition coefficient (Wildman–Crippen LogP) is -0.447. The Bertz CT molecular complexity index is 463. The van der Waals surface area contributed by atoms with E-state index in [1.165, 1.54) is 20.8 Å². The Balaban J connectivity index is 2.22. The maximum absolute atomic E-state index is 11.4. The number of fused-ring (bicyclic) bond motifs is 1. The zero-order chi connectivity index (χ0) is 17.0. The lowest BCUT2D eigenvalue weighted by Crippen LogP contribution is -2.64. The summed E-state index contributed by atoms with van der Waals surface area (Å²) < 4.78 is 32.1. The summed E-state index contributed by atoms with van der Waals surface area (Å²) >= 11 is 0. The van der Waals surface area contributed by atoms with Crippen LogP contribution >= 0.6 is 0 Å². The second-order valence-corrected chi connectivity index (χ2v) is 5.20. The highest BCUT2D eigenvalue weighted by Crippen LogP contribution is 2.31. The van der Waals surface area contributed by atoms with Crippen LogP contribution in [0.15, 0.2) is 0 Å². The zero-order valence-corrected chi connectivity index (χ0v) is 13.2. The lowest BCUT2D eigenvalue weighted by molar-refractivity contribution is -0.336. The first kappa shape index (κ1) is 17.6. The summed E-state index contributed by atoms with van der Waals surface area (Å²) in [6.07, 6.45) is -4.27. The fraction of sp³-hybridized carbons (Fsp3) is 0.786. The molecule has 0 amide bonds. The number of carbonyl (C=O) groups excluding carboxylic acids is 3. The molecule has 2 fully saturated rings. The van der Waals surface area contributed by atoms with E-state index in [0.717, 1.165) is 0 Å². The van der Waals surface area contributed by atoms with Gasteiger partial charge in [-0.05, 0) is 0 Å². The third-order valence-corrected chi connectivity index (χ3v) is 3.32. The zero-order valence-electron chi connectivity index (χ0n) is 13.2. The minimum absolute atomic E-state index is 0.169. The average molecular weight is 332 g/mol. The fourth-order valence-corrected chi connectivity index (χ4v) is 2.53. The van der Waals surface area contributed by atoms with Crippen molar-refractivity contribution in [2.45, 2.75) is 51.5 Å². The predicted molar refractivity (Wildman–Crippen MR) is 72.1 cm³/mol. The topological polar surface area (TPSA) is 107 Å². The van der Waals surface area contributed by atoms with E-state index in [9.17, 15) is 14.4 Å². The molecule has 2 aliphatic heterocycles. The largest absolute Gasteiger partial charge is 0.463 e. The molecule has 9 nitrogen and oxygen atoms in total. The first-order valence-electron chi connectivity index (χ1n) is 7.25. The molecular formula is C14H20O9. The molecule has 2 heterocycles. The summed E-state index contributed by atoms with van der Waals surface area (Å²) in [5, 5.41) is 0. The quantitative estimate of drug-likeness (QED) is 0.500. The molecule has 0 saturated carbocycles. The minimum atomic E-state index is -0.973. The van der Waals surface area contributed by atoms with Gasteiger partial charge in [0.05, 0.1) is 13.2 Å². The van der Waals surface area contributed by atoms with E-state index in [4.69, 9.17) is 28.4 Å². The Morgan fingerprint density at radius 1 is 0.913 bits per heavy atom. The van der Waals surface area contributed by atoms with Gasteiger partial charge in [0.1, 0.15) is 18.8 Å². The number of hydrogen-bond donors (Lipinski definition) is 0. The van der Waals surface area contributed by atoms with Gasteiger partial charge in [0.25, 0.3) is 0 Å². The molecule has 23 heavy (non-hydrogen) atoms. The Hall–Kier alpha value is -1.71. The number of carbonyl (C=O) groups is 3. The van der Waals surface area contributed by atoms with E-state index in [2.05, 4.69) is 0 Å². The molecule has 0 N–H and O–H groups in total. The van der Waals surface area contributed by atoms with Crippen molar-refractivity contribution in [1.29, 1.82) is 0 Å². The van der Waals surface area contributed by atoms with E-state index in [1.807, 2.05) is 0 Å². The van der Waals surface area contributed by atoms with Crippen LogP contribution in [0.25, 0.3) is 0 Å². The Morgan fingerprint density at radius 3 is 2.13 bits per heavy atom. The SMILES string of the molecule is CC(=O)OC[C@H]1O[C@H]2OCCO[C@@H]2[C@H](OC(C)=O)[C@@H]1OC(C)=O. The molecule has 5 atom stereocenters. The summed E-state index contributed by atoms with van der Waals surface area (Å²) in [7, 11) is 0. The van der Waals surface area contributed by atoms with Crippen LogP contribution in [0.4, 0.5) is 0 Å². The second-order valence-electron chi connectivity index (χ2n) is 5.20. The maximum atomic E-state index is 11.4. The van der Waals surface area contributed by atoms with Crippen molar-refractivity contribution in [2.24, 2.45) is 0 Å². The second kappa shape index (κ2) is 7.71. The van der Waals surface area contributed by atoms with Gasteiger partial charge in [0, 0.05) is 20.8 Å². The first-order valence-corrected chi connectivity index (χ1v) is 7.25. The number of rotatable bonds is 4. The van der Waals surface area contributed by atoms with Crippen molar-refractivity contribution in [3.63, 3.8) is 0 Å². The average Bonchev–Trinajstić information content (AvgIpc) is 2.46. The minimum Gasteiger partial charge on any atom is -0.463 e. The molecule has 0 radical (unpaired) electrons. The van der Waals surface area contributed by atoms with Crippen molar-refractivity contribution in [2.75, 3.05) is 19.8 Å². The number of esters is 3. The smallest absolute Gasteiger partial charge is 0.303 e. The fourth-order valence-electron chi connectivity index (χ4n) is 2.53. The van der Waals surface area contributed by atoms with Crippen LogP contribution in [0.2, 0.25) is 0 Å². The number of hydrogen-bond acceptors (Lipinski definition) is 9. The molecule has 130 valence electrons. The van der Waals surface area contributed by atoms with Crippen molar-refractivity contribution in [3.8, 4) is 0 Å². The van der Waals surface area contributed by atoms with Crippen LogP contribution < -0.4 is 0 Å². The van der Waals surface area contributed by atoms with Crippen LogP contribution in [0, 0.1) is 0 Å². The van der Waals surface area contributed by atoms with E-state index >= 15 is 0 Å². The molecule has 2 aliphatic rings. The lowest BCUT2D eigenvalue weighted by atomic mass is 9.98. The summed E-state index contributed by atoms with van der Waals surface area (Å²) in [4.78, 5) is 33.8. The van der Waals surface area contributed by atoms with Crippen molar-refractivity contribution in [3.05, 3.63) is 0 Å². The Morgan fingerprint density at radius 2 is 1.52 bits per heavy atom. The molecule has 0 unspecified atom stereocenters. The van der Waals surface area contributed by atoms with E-state index in [1.54, 1.807) is 0 Å². The van der Waals surface area contributed by atoms with Crippen LogP contribution in [0.1, 0.15) is 20.8 Å². The molecule has 0 spiro atoms. The van der Waals surface area contributed by atoms with Crippen LogP contribution in [0.3, 0.4) is 0 Å². The summed E-state index contributed by atoms with van der Waals surface area (Å²) in [5.74, 6) is -1.66. The Labute approximate surface area is 133 Å². The van der Waals surface area contributed by atoms with Gasteiger partial charge in [-0.3, -0.25) is 14.4 Å². The highest BCUT2D eigenvalue weighted by Gasteiger charge is 2.52. The summed E-state index contributed by atoms with van der Waals surface area (Å²) in [6.45, 7) is 4.14. The molecule has 2 saturated heterocycles. The van der Waals surface area contributed by atoms with Crippen molar-refractivity contribution < 1.29 is 42.8 Å². The van der Waals surface area contributed by atoms with E-state index < -0.39 is 48.6 Å². The van der Waals surface area contributed by atoms with Gasteiger partial charge in [0.15, 0.2) is 18.5 Å². The molecule has 0 bridgehead atoms.